The minimum absolute atomic E-state index is 0.0762. The van der Waals surface area contributed by atoms with E-state index in [0.29, 0.717) is 0 Å². The molecule has 0 saturated heterocycles. The molecule has 0 heterocycles. The highest BCUT2D eigenvalue weighted by molar-refractivity contribution is 5.89. The molecule has 2 rings (SSSR count). The summed E-state index contributed by atoms with van der Waals surface area (Å²) in [5.74, 6) is 2.79. The van der Waals surface area contributed by atoms with Crippen molar-refractivity contribution in [2.75, 3.05) is 6.54 Å². The summed E-state index contributed by atoms with van der Waals surface area (Å²) >= 11 is 0. The molecule has 0 aliphatic rings. The zero-order chi connectivity index (χ0) is 18.2. The first-order valence-electron chi connectivity index (χ1n) is 7.20. The summed E-state index contributed by atoms with van der Waals surface area (Å²) in [4.78, 5) is 22.3. The number of benzene rings is 2. The number of carbonyl (C=O) groups is 2. The lowest BCUT2D eigenvalue weighted by Crippen LogP contribution is -2.24. The van der Waals surface area contributed by atoms with Crippen LogP contribution < -0.4 is 5.32 Å². The van der Waals surface area contributed by atoms with Gasteiger partial charge in [0.15, 0.2) is 0 Å². The van der Waals surface area contributed by atoms with Gasteiger partial charge >= 0.3 is 12.1 Å². The van der Waals surface area contributed by atoms with Crippen LogP contribution in [0.4, 0.5) is 4.79 Å². The fraction of sp³-hybridized carbons (Fsp3) is 0.111. The van der Waals surface area contributed by atoms with Gasteiger partial charge in [0.2, 0.25) is 0 Å². The van der Waals surface area contributed by atoms with Crippen LogP contribution in [0.1, 0.15) is 21.5 Å². The molecule has 25 heavy (non-hydrogen) atoms. The first-order valence-corrected chi connectivity index (χ1v) is 7.20. The summed E-state index contributed by atoms with van der Waals surface area (Å²) in [5, 5.41) is 30.6. The van der Waals surface area contributed by atoms with Crippen LogP contribution in [0.25, 0.3) is 0 Å². The van der Waals surface area contributed by atoms with Crippen molar-refractivity contribution in [2.45, 2.75) is 6.61 Å². The molecule has 0 spiro atoms. The summed E-state index contributed by atoms with van der Waals surface area (Å²) in [6.07, 6.45) is -0.659. The maximum absolute atomic E-state index is 11.5. The zero-order valence-corrected chi connectivity index (χ0v) is 13.0. The van der Waals surface area contributed by atoms with Crippen molar-refractivity contribution in [2.24, 2.45) is 0 Å². The van der Waals surface area contributed by atoms with E-state index in [9.17, 15) is 19.8 Å². The van der Waals surface area contributed by atoms with Gasteiger partial charge in [-0.25, -0.2) is 9.59 Å². The summed E-state index contributed by atoms with van der Waals surface area (Å²) in [7, 11) is 0. The summed E-state index contributed by atoms with van der Waals surface area (Å²) in [5.41, 5.74) is 0.463. The van der Waals surface area contributed by atoms with Crippen molar-refractivity contribution in [3.05, 3.63) is 59.2 Å². The topological polar surface area (TPSA) is 116 Å². The fourth-order valence-electron chi connectivity index (χ4n) is 1.89. The third-order valence-corrected chi connectivity index (χ3v) is 3.09. The minimum Gasteiger partial charge on any atom is -0.506 e. The van der Waals surface area contributed by atoms with Crippen LogP contribution in [0.5, 0.6) is 11.5 Å². The van der Waals surface area contributed by atoms with Gasteiger partial charge in [0.1, 0.15) is 23.7 Å². The average Bonchev–Trinajstić information content (AvgIpc) is 2.59. The van der Waals surface area contributed by atoms with Gasteiger partial charge in [-0.05, 0) is 17.7 Å². The Kier molecular flexibility index (Phi) is 5.85. The van der Waals surface area contributed by atoms with Crippen molar-refractivity contribution in [1.82, 2.24) is 5.32 Å². The summed E-state index contributed by atoms with van der Waals surface area (Å²) in [6, 6.07) is 11.1. The molecule has 0 saturated carbocycles. The second-order valence-corrected chi connectivity index (χ2v) is 4.91. The maximum atomic E-state index is 11.5. The molecule has 0 bridgehead atoms. The number of phenolic OH excluding ortho intramolecular Hbond substituents is 2. The maximum Gasteiger partial charge on any atom is 0.408 e. The number of amides is 1. The summed E-state index contributed by atoms with van der Waals surface area (Å²) < 4.78 is 4.99. The van der Waals surface area contributed by atoms with Crippen molar-refractivity contribution in [3.8, 4) is 23.3 Å². The van der Waals surface area contributed by atoms with Gasteiger partial charge in [-0.3, -0.25) is 0 Å². The number of carboxylic acid groups (broad SMARTS) is 1. The van der Waals surface area contributed by atoms with Crippen LogP contribution >= 0.6 is 0 Å². The smallest absolute Gasteiger partial charge is 0.408 e. The molecule has 128 valence electrons. The molecule has 2 aromatic carbocycles. The van der Waals surface area contributed by atoms with Crippen molar-refractivity contribution >= 4 is 12.1 Å². The number of phenols is 2. The monoisotopic (exact) mass is 341 g/mol. The molecule has 0 radical (unpaired) electrons. The molecule has 0 aromatic heterocycles. The Morgan fingerprint density at radius 1 is 1.08 bits per heavy atom. The largest absolute Gasteiger partial charge is 0.506 e. The predicted molar refractivity (Wildman–Crippen MR) is 88.2 cm³/mol. The quantitative estimate of drug-likeness (QED) is 0.633. The Morgan fingerprint density at radius 2 is 1.72 bits per heavy atom. The molecule has 0 fully saturated rings. The van der Waals surface area contributed by atoms with E-state index in [1.54, 1.807) is 0 Å². The standard InChI is InChI=1S/C18H15NO6/c20-15-9-13(17(22)23)10-16(21)14(15)7-4-8-19-18(24)25-11-12-5-2-1-3-6-12/h1-3,5-6,9-10,20-21H,8,11H2,(H,19,24)(H,22,23). The van der Waals surface area contributed by atoms with Crippen LogP contribution in [0.3, 0.4) is 0 Å². The molecular weight excluding hydrogens is 326 g/mol. The number of carboxylic acids is 1. The predicted octanol–water partition coefficient (Wildman–Crippen LogP) is 2.07. The minimum atomic E-state index is -1.28. The number of hydrogen-bond donors (Lipinski definition) is 4. The van der Waals surface area contributed by atoms with Gasteiger partial charge in [-0.15, -0.1) is 0 Å². The van der Waals surface area contributed by atoms with Crippen LogP contribution in [0.15, 0.2) is 42.5 Å². The Labute approximate surface area is 143 Å². The summed E-state index contributed by atoms with van der Waals surface area (Å²) in [6.45, 7) is 0.0471. The SMILES string of the molecule is O=C(NCC#Cc1c(O)cc(C(=O)O)cc1O)OCc1ccccc1. The molecule has 7 heteroatoms. The van der Waals surface area contributed by atoms with Crippen LogP contribution in [0.2, 0.25) is 0 Å². The first-order chi connectivity index (χ1) is 12.0. The lowest BCUT2D eigenvalue weighted by atomic mass is 10.1. The van der Waals surface area contributed by atoms with Crippen molar-refractivity contribution < 1.29 is 29.6 Å². The van der Waals surface area contributed by atoms with Crippen LogP contribution in [-0.2, 0) is 11.3 Å². The molecular formula is C18H15NO6. The van der Waals surface area contributed by atoms with E-state index in [1.165, 1.54) is 0 Å². The molecule has 0 aliphatic carbocycles. The van der Waals surface area contributed by atoms with Crippen molar-refractivity contribution in [1.29, 1.82) is 0 Å². The van der Waals surface area contributed by atoms with Gasteiger partial charge in [-0.2, -0.15) is 0 Å². The number of nitrogens with one attached hydrogen (secondary N) is 1. The van der Waals surface area contributed by atoms with Gasteiger partial charge in [-0.1, -0.05) is 42.2 Å². The second-order valence-electron chi connectivity index (χ2n) is 4.91. The van der Waals surface area contributed by atoms with E-state index in [-0.39, 0.29) is 24.3 Å². The van der Waals surface area contributed by atoms with Gasteiger partial charge in [0.05, 0.1) is 12.1 Å². The van der Waals surface area contributed by atoms with Gasteiger partial charge in [0.25, 0.3) is 0 Å². The van der Waals surface area contributed by atoms with Gasteiger partial charge < -0.3 is 25.4 Å². The van der Waals surface area contributed by atoms with E-state index in [2.05, 4.69) is 17.2 Å². The Bertz CT molecular complexity index is 813. The Morgan fingerprint density at radius 3 is 2.32 bits per heavy atom. The number of carbonyl (C=O) groups excluding carboxylic acids is 1. The molecule has 7 nitrogen and oxygen atoms in total. The van der Waals surface area contributed by atoms with E-state index in [0.717, 1.165) is 17.7 Å². The number of hydrogen-bond acceptors (Lipinski definition) is 5. The van der Waals surface area contributed by atoms with E-state index in [1.807, 2.05) is 30.3 Å². The molecule has 0 atom stereocenters. The Hall–Kier alpha value is -3.66. The van der Waals surface area contributed by atoms with E-state index < -0.39 is 23.6 Å². The second kappa shape index (κ2) is 8.26. The molecule has 0 unspecified atom stereocenters. The fourth-order valence-corrected chi connectivity index (χ4v) is 1.89. The van der Waals surface area contributed by atoms with E-state index in [4.69, 9.17) is 9.84 Å². The van der Waals surface area contributed by atoms with Crippen LogP contribution in [0, 0.1) is 11.8 Å². The molecule has 0 aliphatic heterocycles. The average molecular weight is 341 g/mol. The normalized spacial score (nSPS) is 9.60. The Balaban J connectivity index is 1.88. The number of ether oxygens (including phenoxy) is 1. The highest BCUT2D eigenvalue weighted by Gasteiger charge is 2.11. The molecule has 1 amide bonds. The molecule has 4 N–H and O–H groups in total. The number of aromatic carboxylic acids is 1. The van der Waals surface area contributed by atoms with Crippen LogP contribution in [-0.4, -0.2) is 33.9 Å². The van der Waals surface area contributed by atoms with Gasteiger partial charge in [0, 0.05) is 0 Å². The highest BCUT2D eigenvalue weighted by atomic mass is 16.5. The number of alkyl carbamates (subject to hydrolysis) is 1. The third kappa shape index (κ3) is 5.18. The highest BCUT2D eigenvalue weighted by Crippen LogP contribution is 2.27. The van der Waals surface area contributed by atoms with E-state index >= 15 is 0 Å². The molecule has 2 aromatic rings. The van der Waals surface area contributed by atoms with Crippen molar-refractivity contribution in [3.63, 3.8) is 0 Å². The first kappa shape index (κ1) is 17.7. The number of aromatic hydroxyl groups is 2. The zero-order valence-electron chi connectivity index (χ0n) is 13.0. The lowest BCUT2D eigenvalue weighted by molar-refractivity contribution is 0.0696. The third-order valence-electron chi connectivity index (χ3n) is 3.09. The number of rotatable bonds is 4. The lowest BCUT2D eigenvalue weighted by Gasteiger charge is -2.05.